The Morgan fingerprint density at radius 2 is 2.29 bits per heavy atom. The number of ether oxygens (including phenoxy) is 1. The summed E-state index contributed by atoms with van der Waals surface area (Å²) in [6.07, 6.45) is -0.307. The fraction of sp³-hybridized carbons (Fsp3) is 0.692. The molecule has 1 aliphatic carbocycles. The normalized spacial score (nSPS) is 16.8. The van der Waals surface area contributed by atoms with Gasteiger partial charge in [0.2, 0.25) is 0 Å². The van der Waals surface area contributed by atoms with Crippen molar-refractivity contribution in [3.8, 4) is 0 Å². The number of carbonyl (C=O) groups excluding carboxylic acids is 1. The summed E-state index contributed by atoms with van der Waals surface area (Å²) in [6, 6.07) is -0.196. The first-order chi connectivity index (χ1) is 9.90. The number of alkyl halides is 3. The Kier molecular flexibility index (Phi) is 4.87. The van der Waals surface area contributed by atoms with Crippen molar-refractivity contribution in [3.63, 3.8) is 0 Å². The fourth-order valence-electron chi connectivity index (χ4n) is 1.94. The number of hydrogen-bond donors (Lipinski definition) is 1. The van der Waals surface area contributed by atoms with Gasteiger partial charge in [-0.15, -0.1) is 0 Å². The van der Waals surface area contributed by atoms with E-state index in [1.54, 1.807) is 6.92 Å². The van der Waals surface area contributed by atoms with Gasteiger partial charge in [0, 0.05) is 18.8 Å². The zero-order chi connectivity index (χ0) is 15.5. The zero-order valence-corrected chi connectivity index (χ0v) is 11.7. The molecule has 0 saturated heterocycles. The van der Waals surface area contributed by atoms with Crippen LogP contribution in [0.1, 0.15) is 31.7 Å². The maximum absolute atomic E-state index is 12.5. The average molecular weight is 305 g/mol. The Labute approximate surface area is 120 Å². The summed E-state index contributed by atoms with van der Waals surface area (Å²) in [5.74, 6) is -0.368. The highest BCUT2D eigenvalue weighted by Gasteiger charge is 2.32. The van der Waals surface area contributed by atoms with Crippen molar-refractivity contribution >= 4 is 5.97 Å². The maximum atomic E-state index is 12.5. The molecule has 118 valence electrons. The van der Waals surface area contributed by atoms with Crippen LogP contribution in [-0.2, 0) is 22.3 Å². The third kappa shape index (κ3) is 4.73. The molecule has 0 radical (unpaired) electrons. The van der Waals surface area contributed by atoms with Gasteiger partial charge in [0.25, 0.3) is 0 Å². The van der Waals surface area contributed by atoms with E-state index in [2.05, 4.69) is 10.4 Å². The predicted octanol–water partition coefficient (Wildman–Crippen LogP) is 1.98. The van der Waals surface area contributed by atoms with Gasteiger partial charge in [0.15, 0.2) is 0 Å². The third-order valence-corrected chi connectivity index (χ3v) is 3.19. The van der Waals surface area contributed by atoms with Gasteiger partial charge in [-0.2, -0.15) is 18.3 Å². The number of aryl methyl sites for hydroxylation is 1. The summed E-state index contributed by atoms with van der Waals surface area (Å²) in [5, 5.41) is 6.82. The van der Waals surface area contributed by atoms with Crippen LogP contribution in [0.3, 0.4) is 0 Å². The fourth-order valence-corrected chi connectivity index (χ4v) is 1.94. The summed E-state index contributed by atoms with van der Waals surface area (Å²) < 4.78 is 43.6. The molecule has 5 nitrogen and oxygen atoms in total. The van der Waals surface area contributed by atoms with Crippen LogP contribution in [0, 0.1) is 0 Å². The van der Waals surface area contributed by atoms with Crippen LogP contribution in [0.25, 0.3) is 0 Å². The van der Waals surface area contributed by atoms with Crippen molar-refractivity contribution in [1.29, 1.82) is 0 Å². The van der Waals surface area contributed by atoms with Crippen LogP contribution >= 0.6 is 0 Å². The van der Waals surface area contributed by atoms with E-state index in [1.807, 2.05) is 0 Å². The number of halogens is 3. The summed E-state index contributed by atoms with van der Waals surface area (Å²) in [5.41, 5.74) is -0.787. The molecule has 2 rings (SSSR count). The minimum Gasteiger partial charge on any atom is -0.465 e. The Bertz CT molecular complexity index is 483. The second kappa shape index (κ2) is 6.46. The molecule has 21 heavy (non-hydrogen) atoms. The van der Waals surface area contributed by atoms with Crippen molar-refractivity contribution in [3.05, 3.63) is 18.0 Å². The summed E-state index contributed by atoms with van der Waals surface area (Å²) >= 11 is 0. The number of nitrogens with zero attached hydrogens (tertiary/aromatic N) is 2. The first-order valence-corrected chi connectivity index (χ1v) is 6.92. The first-order valence-electron chi connectivity index (χ1n) is 6.92. The predicted molar refractivity (Wildman–Crippen MR) is 68.4 cm³/mol. The van der Waals surface area contributed by atoms with Gasteiger partial charge in [-0.3, -0.25) is 9.48 Å². The number of rotatable bonds is 7. The van der Waals surface area contributed by atoms with Crippen LogP contribution in [0.4, 0.5) is 13.2 Å². The van der Waals surface area contributed by atoms with Gasteiger partial charge in [-0.1, -0.05) is 0 Å². The summed E-state index contributed by atoms with van der Waals surface area (Å²) in [4.78, 5) is 11.8. The highest BCUT2D eigenvalue weighted by Crippen LogP contribution is 2.28. The maximum Gasteiger partial charge on any atom is 0.419 e. The quantitative estimate of drug-likeness (QED) is 0.783. The molecule has 1 saturated carbocycles. The van der Waals surface area contributed by atoms with Gasteiger partial charge < -0.3 is 10.1 Å². The number of hydrogen-bond acceptors (Lipinski definition) is 4. The average Bonchev–Trinajstić information content (AvgIpc) is 3.08. The van der Waals surface area contributed by atoms with Crippen LogP contribution in [-0.4, -0.2) is 34.4 Å². The second-order valence-corrected chi connectivity index (χ2v) is 5.02. The monoisotopic (exact) mass is 305 g/mol. The van der Waals surface area contributed by atoms with Crippen LogP contribution < -0.4 is 5.32 Å². The van der Waals surface area contributed by atoms with Crippen molar-refractivity contribution < 1.29 is 22.7 Å². The highest BCUT2D eigenvalue weighted by atomic mass is 19.4. The molecular weight excluding hydrogens is 287 g/mol. The van der Waals surface area contributed by atoms with Gasteiger partial charge in [0.05, 0.1) is 18.4 Å². The number of esters is 1. The standard InChI is InChI=1S/C13H18F3N3O2/c1-2-21-12(20)11(18-10-3-4-10)5-6-19-8-9(7-17-19)13(14,15)16/h7-8,10-11,18H,2-6H2,1H3. The Morgan fingerprint density at radius 3 is 2.81 bits per heavy atom. The van der Waals surface area contributed by atoms with Gasteiger partial charge in [-0.25, -0.2) is 0 Å². The second-order valence-electron chi connectivity index (χ2n) is 5.02. The van der Waals surface area contributed by atoms with E-state index < -0.39 is 17.8 Å². The van der Waals surface area contributed by atoms with Crippen LogP contribution in [0.15, 0.2) is 12.4 Å². The largest absolute Gasteiger partial charge is 0.465 e. The van der Waals surface area contributed by atoms with E-state index >= 15 is 0 Å². The molecule has 0 aromatic carbocycles. The lowest BCUT2D eigenvalue weighted by molar-refractivity contribution is -0.146. The molecule has 1 heterocycles. The molecule has 0 aliphatic heterocycles. The molecule has 0 amide bonds. The minimum atomic E-state index is -4.40. The summed E-state index contributed by atoms with van der Waals surface area (Å²) in [7, 11) is 0. The lowest BCUT2D eigenvalue weighted by atomic mass is 10.2. The van der Waals surface area contributed by atoms with Gasteiger partial charge >= 0.3 is 12.1 Å². The van der Waals surface area contributed by atoms with E-state index in [9.17, 15) is 18.0 Å². The topological polar surface area (TPSA) is 56.2 Å². The van der Waals surface area contributed by atoms with Crippen molar-refractivity contribution in [2.24, 2.45) is 0 Å². The number of nitrogens with one attached hydrogen (secondary N) is 1. The molecule has 1 aromatic heterocycles. The lowest BCUT2D eigenvalue weighted by Gasteiger charge is -2.16. The SMILES string of the molecule is CCOC(=O)C(CCn1cc(C(F)(F)F)cn1)NC1CC1. The molecule has 1 aliphatic rings. The van der Waals surface area contributed by atoms with Crippen molar-refractivity contribution in [2.75, 3.05) is 6.61 Å². The van der Waals surface area contributed by atoms with Gasteiger partial charge in [-0.05, 0) is 26.2 Å². The van der Waals surface area contributed by atoms with E-state index in [0.29, 0.717) is 12.5 Å². The Balaban J connectivity index is 1.91. The third-order valence-electron chi connectivity index (χ3n) is 3.19. The molecule has 1 aromatic rings. The highest BCUT2D eigenvalue weighted by molar-refractivity contribution is 5.75. The molecule has 1 N–H and O–H groups in total. The Morgan fingerprint density at radius 1 is 1.57 bits per heavy atom. The molecule has 8 heteroatoms. The van der Waals surface area contributed by atoms with Crippen molar-refractivity contribution in [1.82, 2.24) is 15.1 Å². The zero-order valence-electron chi connectivity index (χ0n) is 11.7. The van der Waals surface area contributed by atoms with Gasteiger partial charge in [0.1, 0.15) is 6.04 Å². The van der Waals surface area contributed by atoms with E-state index in [0.717, 1.165) is 25.2 Å². The molecule has 0 bridgehead atoms. The van der Waals surface area contributed by atoms with E-state index in [-0.39, 0.29) is 19.1 Å². The summed E-state index contributed by atoms with van der Waals surface area (Å²) in [6.45, 7) is 2.22. The smallest absolute Gasteiger partial charge is 0.419 e. The number of carbonyl (C=O) groups is 1. The van der Waals surface area contributed by atoms with Crippen LogP contribution in [0.2, 0.25) is 0 Å². The molecule has 1 atom stereocenters. The Hall–Kier alpha value is -1.57. The van der Waals surface area contributed by atoms with Crippen molar-refractivity contribution in [2.45, 2.75) is 51.0 Å². The number of aromatic nitrogens is 2. The van der Waals surface area contributed by atoms with E-state index in [4.69, 9.17) is 4.74 Å². The molecule has 0 spiro atoms. The molecule has 1 unspecified atom stereocenters. The van der Waals surface area contributed by atoms with E-state index in [1.165, 1.54) is 4.68 Å². The molecule has 1 fully saturated rings. The molecular formula is C13H18F3N3O2. The lowest BCUT2D eigenvalue weighted by Crippen LogP contribution is -2.40. The first kappa shape index (κ1) is 15.8. The minimum absolute atomic E-state index is 0.222. The van der Waals surface area contributed by atoms with Crippen LogP contribution in [0.5, 0.6) is 0 Å².